The first-order valence-corrected chi connectivity index (χ1v) is 7.77. The molecule has 0 saturated carbocycles. The van der Waals surface area contributed by atoms with Gasteiger partial charge >= 0.3 is 4.87 Å². The number of hydrogen-bond acceptors (Lipinski definition) is 4. The maximum absolute atomic E-state index is 12.1. The second kappa shape index (κ2) is 4.91. The standard InChI is InChI=1S/C10H18N2O3S2/c1-5-10(4,6-2)12-17(14,15)8-7(3)11-9(13)16-8/h12H,5-6H2,1-4H3,(H,11,13). The van der Waals surface area contributed by atoms with Crippen LogP contribution < -0.4 is 9.60 Å². The summed E-state index contributed by atoms with van der Waals surface area (Å²) in [4.78, 5) is 13.3. The van der Waals surface area contributed by atoms with Crippen LogP contribution >= 0.6 is 11.3 Å². The number of sulfonamides is 1. The number of aromatic nitrogens is 1. The van der Waals surface area contributed by atoms with Crippen molar-refractivity contribution in [3.05, 3.63) is 15.4 Å². The topological polar surface area (TPSA) is 79.0 Å². The van der Waals surface area contributed by atoms with Crippen molar-refractivity contribution < 1.29 is 8.42 Å². The van der Waals surface area contributed by atoms with Gasteiger partial charge < -0.3 is 4.98 Å². The SMILES string of the molecule is CCC(C)(CC)NS(=O)(=O)c1sc(=O)[nH]c1C. The normalized spacial score (nSPS) is 12.9. The molecule has 98 valence electrons. The second-order valence-corrected chi connectivity index (χ2v) is 7.16. The molecule has 1 aromatic rings. The number of thiazole rings is 1. The van der Waals surface area contributed by atoms with E-state index in [2.05, 4.69) is 9.71 Å². The van der Waals surface area contributed by atoms with Gasteiger partial charge in [-0.2, -0.15) is 0 Å². The van der Waals surface area contributed by atoms with Crippen LogP contribution in [-0.2, 0) is 10.0 Å². The van der Waals surface area contributed by atoms with Crippen molar-refractivity contribution in [1.82, 2.24) is 9.71 Å². The number of hydrogen-bond donors (Lipinski definition) is 2. The molecule has 0 radical (unpaired) electrons. The average Bonchev–Trinajstić information content (AvgIpc) is 2.58. The molecule has 17 heavy (non-hydrogen) atoms. The van der Waals surface area contributed by atoms with E-state index < -0.39 is 15.6 Å². The summed E-state index contributed by atoms with van der Waals surface area (Å²) >= 11 is 0.721. The molecule has 0 aliphatic heterocycles. The fourth-order valence-corrected chi connectivity index (χ4v) is 4.26. The van der Waals surface area contributed by atoms with Crippen LogP contribution in [0.4, 0.5) is 0 Å². The molecule has 0 spiro atoms. The Morgan fingerprint density at radius 2 is 1.88 bits per heavy atom. The third kappa shape index (κ3) is 3.17. The molecule has 1 aromatic heterocycles. The van der Waals surface area contributed by atoms with E-state index >= 15 is 0 Å². The third-order valence-corrected chi connectivity index (χ3v) is 6.21. The lowest BCUT2D eigenvalue weighted by atomic mass is 9.98. The monoisotopic (exact) mass is 278 g/mol. The van der Waals surface area contributed by atoms with Gasteiger partial charge in [-0.1, -0.05) is 25.2 Å². The maximum Gasteiger partial charge on any atom is 0.305 e. The van der Waals surface area contributed by atoms with Crippen molar-refractivity contribution in [1.29, 1.82) is 0 Å². The van der Waals surface area contributed by atoms with Crippen molar-refractivity contribution in [3.63, 3.8) is 0 Å². The molecular formula is C10H18N2O3S2. The van der Waals surface area contributed by atoms with E-state index in [0.29, 0.717) is 18.5 Å². The highest BCUT2D eigenvalue weighted by atomic mass is 32.2. The van der Waals surface area contributed by atoms with Crippen molar-refractivity contribution in [2.24, 2.45) is 0 Å². The van der Waals surface area contributed by atoms with Crippen LogP contribution in [0.5, 0.6) is 0 Å². The summed E-state index contributed by atoms with van der Waals surface area (Å²) in [6.07, 6.45) is 1.39. The van der Waals surface area contributed by atoms with Crippen LogP contribution in [0.2, 0.25) is 0 Å². The Hall–Kier alpha value is -0.660. The first-order chi connectivity index (χ1) is 7.74. The zero-order valence-electron chi connectivity index (χ0n) is 10.5. The summed E-state index contributed by atoms with van der Waals surface area (Å²) in [5.41, 5.74) is -0.0831. The van der Waals surface area contributed by atoms with Crippen LogP contribution in [0.15, 0.2) is 9.00 Å². The van der Waals surface area contributed by atoms with E-state index in [1.165, 1.54) is 0 Å². The van der Waals surface area contributed by atoms with Gasteiger partial charge in [0.1, 0.15) is 0 Å². The van der Waals surface area contributed by atoms with Gasteiger partial charge in [0, 0.05) is 11.2 Å². The third-order valence-electron chi connectivity index (χ3n) is 2.97. The van der Waals surface area contributed by atoms with E-state index in [4.69, 9.17) is 0 Å². The summed E-state index contributed by atoms with van der Waals surface area (Å²) in [5, 5.41) is 0. The van der Waals surface area contributed by atoms with Gasteiger partial charge in [-0.15, -0.1) is 0 Å². The molecule has 0 amide bonds. The smallest absolute Gasteiger partial charge is 0.305 e. The van der Waals surface area contributed by atoms with Crippen molar-refractivity contribution in [3.8, 4) is 0 Å². The Balaban J connectivity index is 3.13. The Morgan fingerprint density at radius 3 is 2.24 bits per heavy atom. The van der Waals surface area contributed by atoms with Crippen LogP contribution in [-0.4, -0.2) is 18.9 Å². The van der Waals surface area contributed by atoms with Crippen LogP contribution in [0.25, 0.3) is 0 Å². The number of aryl methyl sites for hydroxylation is 1. The second-order valence-electron chi connectivity index (χ2n) is 4.30. The van der Waals surface area contributed by atoms with Gasteiger partial charge in [0.25, 0.3) is 10.0 Å². The molecule has 0 saturated heterocycles. The van der Waals surface area contributed by atoms with Crippen molar-refractivity contribution in [2.75, 3.05) is 0 Å². The Kier molecular flexibility index (Phi) is 4.16. The minimum Gasteiger partial charge on any atom is -0.315 e. The minimum atomic E-state index is -3.61. The summed E-state index contributed by atoms with van der Waals surface area (Å²) in [6.45, 7) is 7.30. The fraction of sp³-hybridized carbons (Fsp3) is 0.700. The lowest BCUT2D eigenvalue weighted by Crippen LogP contribution is -2.44. The fourth-order valence-electron chi connectivity index (χ4n) is 1.41. The molecule has 1 heterocycles. The van der Waals surface area contributed by atoms with Gasteiger partial charge in [-0.05, 0) is 26.7 Å². The molecule has 0 aliphatic rings. The molecule has 0 bridgehead atoms. The predicted octanol–water partition coefficient (Wildman–Crippen LogP) is 1.60. The first-order valence-electron chi connectivity index (χ1n) is 5.48. The quantitative estimate of drug-likeness (QED) is 0.858. The first kappa shape index (κ1) is 14.4. The highest BCUT2D eigenvalue weighted by Crippen LogP contribution is 2.21. The van der Waals surface area contributed by atoms with E-state index in [-0.39, 0.29) is 9.08 Å². The summed E-state index contributed by atoms with van der Waals surface area (Å²) in [6, 6.07) is 0. The molecular weight excluding hydrogens is 260 g/mol. The largest absolute Gasteiger partial charge is 0.315 e. The van der Waals surface area contributed by atoms with Crippen LogP contribution in [0, 0.1) is 6.92 Å². The number of rotatable bonds is 5. The molecule has 0 atom stereocenters. The highest BCUT2D eigenvalue weighted by molar-refractivity contribution is 7.91. The Bertz CT molecular complexity index is 538. The number of H-pyrrole nitrogens is 1. The molecule has 0 aliphatic carbocycles. The van der Waals surface area contributed by atoms with Crippen LogP contribution in [0.3, 0.4) is 0 Å². The molecule has 5 nitrogen and oxygen atoms in total. The molecule has 0 aromatic carbocycles. The maximum atomic E-state index is 12.1. The number of nitrogens with one attached hydrogen (secondary N) is 2. The zero-order chi connectivity index (χ0) is 13.3. The van der Waals surface area contributed by atoms with Gasteiger partial charge in [-0.3, -0.25) is 4.79 Å². The lowest BCUT2D eigenvalue weighted by molar-refractivity contribution is 0.389. The lowest BCUT2D eigenvalue weighted by Gasteiger charge is -2.27. The van der Waals surface area contributed by atoms with Crippen LogP contribution in [0.1, 0.15) is 39.3 Å². The van der Waals surface area contributed by atoms with Gasteiger partial charge in [-0.25, -0.2) is 13.1 Å². The highest BCUT2D eigenvalue weighted by Gasteiger charge is 2.29. The molecule has 0 fully saturated rings. The Labute approximate surface area is 105 Å². The van der Waals surface area contributed by atoms with E-state index in [1.54, 1.807) is 6.92 Å². The van der Waals surface area contributed by atoms with E-state index in [9.17, 15) is 13.2 Å². The van der Waals surface area contributed by atoms with Crippen molar-refractivity contribution in [2.45, 2.75) is 50.3 Å². The van der Waals surface area contributed by atoms with E-state index in [0.717, 1.165) is 11.3 Å². The van der Waals surface area contributed by atoms with Crippen molar-refractivity contribution >= 4 is 21.4 Å². The summed E-state index contributed by atoms with van der Waals surface area (Å²) < 4.78 is 27.0. The zero-order valence-corrected chi connectivity index (χ0v) is 12.1. The van der Waals surface area contributed by atoms with E-state index in [1.807, 2.05) is 20.8 Å². The minimum absolute atomic E-state index is 0.0793. The molecule has 0 unspecified atom stereocenters. The van der Waals surface area contributed by atoms with Gasteiger partial charge in [0.2, 0.25) is 0 Å². The average molecular weight is 278 g/mol. The molecule has 1 rings (SSSR count). The predicted molar refractivity (Wildman–Crippen MR) is 69.0 cm³/mol. The van der Waals surface area contributed by atoms with Gasteiger partial charge in [0.05, 0.1) is 0 Å². The molecule has 7 heteroatoms. The van der Waals surface area contributed by atoms with Gasteiger partial charge in [0.15, 0.2) is 4.21 Å². The summed E-state index contributed by atoms with van der Waals surface area (Å²) in [5.74, 6) is 0. The summed E-state index contributed by atoms with van der Waals surface area (Å²) in [7, 11) is -3.61. The Morgan fingerprint density at radius 1 is 1.35 bits per heavy atom. The molecule has 2 N–H and O–H groups in total. The number of aromatic amines is 1.